The molecule has 2 atom stereocenters. The molecule has 1 aromatic heterocycles. The van der Waals surface area contributed by atoms with Gasteiger partial charge in [-0.15, -0.1) is 0 Å². The van der Waals surface area contributed by atoms with Gasteiger partial charge in [-0.2, -0.15) is 9.89 Å². The van der Waals surface area contributed by atoms with Crippen LogP contribution in [0.15, 0.2) is 52.2 Å². The summed E-state index contributed by atoms with van der Waals surface area (Å²) in [5.74, 6) is 1.90. The van der Waals surface area contributed by atoms with Gasteiger partial charge in [0.2, 0.25) is 11.7 Å². The molecule has 1 aliphatic heterocycles. The van der Waals surface area contributed by atoms with E-state index in [9.17, 15) is 9.70 Å². The maximum absolute atomic E-state index is 12.5. The van der Waals surface area contributed by atoms with Crippen LogP contribution in [0, 0.1) is 10.8 Å². The highest BCUT2D eigenvalue weighted by atomic mass is 16.5. The van der Waals surface area contributed by atoms with Gasteiger partial charge in [0.05, 0.1) is 24.3 Å². The van der Waals surface area contributed by atoms with Crippen LogP contribution in [-0.2, 0) is 11.2 Å². The molecule has 0 saturated carbocycles. The lowest BCUT2D eigenvalue weighted by atomic mass is 10.0. The molecule has 8 nitrogen and oxygen atoms in total. The number of carbonyl (C=O) groups is 1. The fraction of sp³-hybridized carbons (Fsp3) is 0.375. The Labute approximate surface area is 185 Å². The van der Waals surface area contributed by atoms with Crippen molar-refractivity contribution in [1.82, 2.24) is 15.0 Å². The average molecular weight is 432 g/mol. The quantitative estimate of drug-likeness (QED) is 0.513. The molecule has 3 aromatic rings. The summed E-state index contributed by atoms with van der Waals surface area (Å²) in [6.07, 6.45) is 1.27. The van der Waals surface area contributed by atoms with Crippen molar-refractivity contribution in [1.29, 1.82) is 0 Å². The number of nitroso groups, excluding NO2 is 1. The van der Waals surface area contributed by atoms with E-state index in [0.29, 0.717) is 30.4 Å². The van der Waals surface area contributed by atoms with Gasteiger partial charge < -0.3 is 14.2 Å². The lowest BCUT2D eigenvalue weighted by Gasteiger charge is -2.24. The Morgan fingerprint density at radius 2 is 1.97 bits per heavy atom. The molecule has 0 spiro atoms. The van der Waals surface area contributed by atoms with Crippen LogP contribution in [0.1, 0.15) is 37.4 Å². The fourth-order valence-corrected chi connectivity index (χ4v) is 4.90. The number of nitrogens with zero attached hydrogens (tertiary/aromatic N) is 4. The molecule has 0 bridgehead atoms. The molecule has 2 heterocycles. The van der Waals surface area contributed by atoms with E-state index in [2.05, 4.69) is 21.4 Å². The first-order valence-electron chi connectivity index (χ1n) is 10.9. The first-order valence-corrected chi connectivity index (χ1v) is 10.9. The Morgan fingerprint density at radius 3 is 2.78 bits per heavy atom. The predicted molar refractivity (Wildman–Crippen MR) is 118 cm³/mol. The summed E-state index contributed by atoms with van der Waals surface area (Å²) in [6, 6.07) is 13.6. The van der Waals surface area contributed by atoms with E-state index >= 15 is 0 Å². The molecule has 0 radical (unpaired) electrons. The summed E-state index contributed by atoms with van der Waals surface area (Å²) < 4.78 is 11.5. The van der Waals surface area contributed by atoms with E-state index in [1.807, 2.05) is 50.2 Å². The molecule has 32 heavy (non-hydrogen) atoms. The Kier molecular flexibility index (Phi) is 5.20. The van der Waals surface area contributed by atoms with Crippen molar-refractivity contribution < 1.29 is 14.1 Å². The molecular weight excluding hydrogens is 408 g/mol. The van der Waals surface area contributed by atoms with E-state index < -0.39 is 0 Å². The van der Waals surface area contributed by atoms with Gasteiger partial charge in [0.25, 0.3) is 5.89 Å². The van der Waals surface area contributed by atoms with Gasteiger partial charge in [0, 0.05) is 18.5 Å². The largest absolute Gasteiger partial charge is 0.490 e. The Balaban J connectivity index is 1.49. The highest BCUT2D eigenvalue weighted by Gasteiger charge is 2.46. The molecule has 0 N–H and O–H groups in total. The van der Waals surface area contributed by atoms with Gasteiger partial charge in [0.1, 0.15) is 5.75 Å². The SMILES string of the molecule is CC(C)Oc1ccccc1-c1nc(-c2cccc3c2C[C@H]2CC(=O)N(CCN=O)[C@@H]32)no1. The minimum absolute atomic E-state index is 0.0225. The van der Waals surface area contributed by atoms with Crippen molar-refractivity contribution in [2.45, 2.75) is 38.8 Å². The molecule has 1 aliphatic carbocycles. The number of aromatic nitrogens is 2. The number of rotatable bonds is 7. The zero-order valence-electron chi connectivity index (χ0n) is 18.0. The first kappa shape index (κ1) is 20.4. The summed E-state index contributed by atoms with van der Waals surface area (Å²) in [5.41, 5.74) is 3.90. The second kappa shape index (κ2) is 8.18. The van der Waals surface area contributed by atoms with E-state index in [0.717, 1.165) is 28.7 Å². The third kappa shape index (κ3) is 3.45. The number of fused-ring (bicyclic) bond motifs is 3. The Morgan fingerprint density at radius 1 is 1.16 bits per heavy atom. The maximum atomic E-state index is 12.5. The third-order valence-corrected chi connectivity index (χ3v) is 6.12. The molecule has 8 heteroatoms. The summed E-state index contributed by atoms with van der Waals surface area (Å²) in [7, 11) is 0. The van der Waals surface area contributed by atoms with Crippen LogP contribution < -0.4 is 4.74 Å². The van der Waals surface area contributed by atoms with Crippen LogP contribution in [-0.4, -0.2) is 40.1 Å². The van der Waals surface area contributed by atoms with Crippen molar-refractivity contribution in [3.8, 4) is 28.6 Å². The van der Waals surface area contributed by atoms with Gasteiger partial charge in [-0.1, -0.05) is 40.7 Å². The number of amides is 1. The maximum Gasteiger partial charge on any atom is 0.262 e. The van der Waals surface area contributed by atoms with E-state index in [1.165, 1.54) is 0 Å². The monoisotopic (exact) mass is 432 g/mol. The van der Waals surface area contributed by atoms with Crippen LogP contribution in [0.3, 0.4) is 0 Å². The summed E-state index contributed by atoms with van der Waals surface area (Å²) in [5, 5.41) is 7.20. The van der Waals surface area contributed by atoms with Crippen LogP contribution in [0.5, 0.6) is 5.75 Å². The number of benzene rings is 2. The minimum Gasteiger partial charge on any atom is -0.490 e. The Hall–Kier alpha value is -3.55. The van der Waals surface area contributed by atoms with Crippen molar-refractivity contribution >= 4 is 5.91 Å². The van der Waals surface area contributed by atoms with E-state index in [-0.39, 0.29) is 30.5 Å². The zero-order valence-corrected chi connectivity index (χ0v) is 18.0. The second-order valence-corrected chi connectivity index (χ2v) is 8.51. The first-order chi connectivity index (χ1) is 15.6. The molecule has 0 unspecified atom stereocenters. The highest BCUT2D eigenvalue weighted by Crippen LogP contribution is 2.49. The molecular formula is C24H24N4O4. The average Bonchev–Trinajstić information content (AvgIpc) is 3.46. The lowest BCUT2D eigenvalue weighted by Crippen LogP contribution is -2.30. The topological polar surface area (TPSA) is 97.9 Å². The van der Waals surface area contributed by atoms with Crippen molar-refractivity contribution in [3.63, 3.8) is 0 Å². The number of hydrogen-bond donors (Lipinski definition) is 0. The number of hydrogen-bond acceptors (Lipinski definition) is 7. The van der Waals surface area contributed by atoms with E-state index in [4.69, 9.17) is 9.26 Å². The van der Waals surface area contributed by atoms with Crippen LogP contribution >= 0.6 is 0 Å². The predicted octanol–water partition coefficient (Wildman–Crippen LogP) is 4.40. The van der Waals surface area contributed by atoms with Crippen LogP contribution in [0.4, 0.5) is 0 Å². The molecule has 2 aliphatic rings. The minimum atomic E-state index is -0.0225. The summed E-state index contributed by atoms with van der Waals surface area (Å²) in [6.45, 7) is 4.40. The number of ether oxygens (including phenoxy) is 1. The summed E-state index contributed by atoms with van der Waals surface area (Å²) in [4.78, 5) is 29.6. The van der Waals surface area contributed by atoms with Gasteiger partial charge in [-0.3, -0.25) is 4.79 Å². The van der Waals surface area contributed by atoms with Gasteiger partial charge in [-0.25, -0.2) is 0 Å². The third-order valence-electron chi connectivity index (χ3n) is 6.12. The lowest BCUT2D eigenvalue weighted by molar-refractivity contribution is -0.128. The van der Waals surface area contributed by atoms with E-state index in [1.54, 1.807) is 4.90 Å². The normalized spacial score (nSPS) is 19.3. The van der Waals surface area contributed by atoms with Crippen molar-refractivity contribution in [2.75, 3.05) is 13.1 Å². The molecule has 2 aromatic carbocycles. The molecule has 1 fully saturated rings. The number of para-hydroxylation sites is 1. The fourth-order valence-electron chi connectivity index (χ4n) is 4.90. The molecule has 1 saturated heterocycles. The second-order valence-electron chi connectivity index (χ2n) is 8.51. The standard InChI is InChI=1S/C24H24N4O4/c1-14(2)31-20-9-4-3-6-18(20)24-26-23(27-32-24)17-8-5-7-16-19(17)12-15-13-21(29)28(22(15)16)11-10-25-30/h3-9,14-15,22H,10-13H2,1-2H3/t15-,22+/m0/s1. The van der Waals surface area contributed by atoms with Crippen LogP contribution in [0.2, 0.25) is 0 Å². The smallest absolute Gasteiger partial charge is 0.262 e. The van der Waals surface area contributed by atoms with Crippen LogP contribution in [0.25, 0.3) is 22.8 Å². The van der Waals surface area contributed by atoms with Crippen molar-refractivity contribution in [3.05, 3.63) is 58.5 Å². The zero-order chi connectivity index (χ0) is 22.2. The van der Waals surface area contributed by atoms with Crippen molar-refractivity contribution in [2.24, 2.45) is 11.1 Å². The molecule has 1 amide bonds. The van der Waals surface area contributed by atoms with Gasteiger partial charge in [0.15, 0.2) is 0 Å². The highest BCUT2D eigenvalue weighted by molar-refractivity contribution is 5.81. The van der Waals surface area contributed by atoms with Gasteiger partial charge >= 0.3 is 0 Å². The number of likely N-dealkylation sites (tertiary alicyclic amines) is 1. The Bertz CT molecular complexity index is 1170. The number of carbonyl (C=O) groups excluding carboxylic acids is 1. The molecule has 164 valence electrons. The summed E-state index contributed by atoms with van der Waals surface area (Å²) >= 11 is 0. The van der Waals surface area contributed by atoms with Gasteiger partial charge in [-0.05, 0) is 49.4 Å². The molecule has 5 rings (SSSR count).